The van der Waals surface area contributed by atoms with Gasteiger partial charge in [0, 0.05) is 31.2 Å². The van der Waals surface area contributed by atoms with Crippen molar-refractivity contribution in [2.24, 2.45) is 5.92 Å². The Kier molecular flexibility index (Phi) is 4.90. The van der Waals surface area contributed by atoms with Crippen molar-refractivity contribution in [2.75, 3.05) is 19.6 Å². The second kappa shape index (κ2) is 6.93. The number of aromatic nitrogens is 1. The van der Waals surface area contributed by atoms with Gasteiger partial charge in [-0.1, -0.05) is 13.8 Å². The van der Waals surface area contributed by atoms with Crippen LogP contribution < -0.4 is 10.3 Å². The third-order valence-corrected chi connectivity index (χ3v) is 4.62. The van der Waals surface area contributed by atoms with E-state index in [9.17, 15) is 9.18 Å². The van der Waals surface area contributed by atoms with Crippen LogP contribution in [0.2, 0.25) is 0 Å². The molecule has 0 radical (unpaired) electrons. The molecule has 0 aliphatic carbocycles. The highest BCUT2D eigenvalue weighted by molar-refractivity contribution is 5.86. The van der Waals surface area contributed by atoms with Crippen molar-refractivity contribution in [3.63, 3.8) is 0 Å². The van der Waals surface area contributed by atoms with Gasteiger partial charge in [0.1, 0.15) is 6.10 Å². The van der Waals surface area contributed by atoms with Crippen LogP contribution in [0.25, 0.3) is 10.8 Å². The summed E-state index contributed by atoms with van der Waals surface area (Å²) < 4.78 is 20.8. The van der Waals surface area contributed by atoms with Crippen LogP contribution in [-0.4, -0.2) is 35.6 Å². The number of hydrogen-bond donors (Lipinski definition) is 1. The number of ether oxygens (including phenoxy) is 1. The van der Waals surface area contributed by atoms with Crippen LogP contribution in [-0.2, 0) is 0 Å². The molecule has 0 amide bonds. The van der Waals surface area contributed by atoms with Gasteiger partial charge in [0.05, 0.1) is 5.39 Å². The van der Waals surface area contributed by atoms with E-state index < -0.39 is 5.82 Å². The van der Waals surface area contributed by atoms with Gasteiger partial charge < -0.3 is 14.6 Å². The highest BCUT2D eigenvalue weighted by atomic mass is 19.1. The fourth-order valence-electron chi connectivity index (χ4n) is 3.45. The first kappa shape index (κ1) is 17.0. The Hall–Kier alpha value is -1.88. The van der Waals surface area contributed by atoms with E-state index in [1.165, 1.54) is 0 Å². The Morgan fingerprint density at radius 3 is 2.71 bits per heavy atom. The molecule has 0 spiro atoms. The number of piperidine rings is 1. The fourth-order valence-corrected chi connectivity index (χ4v) is 3.45. The summed E-state index contributed by atoms with van der Waals surface area (Å²) in [5.41, 5.74) is 0.433. The maximum absolute atomic E-state index is 14.8. The van der Waals surface area contributed by atoms with E-state index in [-0.39, 0.29) is 17.4 Å². The monoisotopic (exact) mass is 332 g/mol. The lowest BCUT2D eigenvalue weighted by Gasteiger charge is -2.33. The topological polar surface area (TPSA) is 45.3 Å². The Morgan fingerprint density at radius 2 is 2.04 bits per heavy atom. The quantitative estimate of drug-likeness (QED) is 0.932. The van der Waals surface area contributed by atoms with Crippen LogP contribution in [0.1, 0.15) is 32.3 Å². The third-order valence-electron chi connectivity index (χ3n) is 4.62. The van der Waals surface area contributed by atoms with Gasteiger partial charge in [-0.05, 0) is 43.4 Å². The number of rotatable bonds is 4. The molecule has 2 heterocycles. The van der Waals surface area contributed by atoms with Crippen molar-refractivity contribution >= 4 is 10.8 Å². The van der Waals surface area contributed by atoms with Gasteiger partial charge in [-0.3, -0.25) is 4.79 Å². The van der Waals surface area contributed by atoms with E-state index in [0.29, 0.717) is 22.3 Å². The summed E-state index contributed by atoms with van der Waals surface area (Å²) in [6.07, 6.45) is 3.38. The zero-order valence-electron chi connectivity index (χ0n) is 14.6. The number of aryl methyl sites for hydroxylation is 1. The first-order chi connectivity index (χ1) is 11.5. The second-order valence-corrected chi connectivity index (χ2v) is 7.11. The van der Waals surface area contributed by atoms with Crippen molar-refractivity contribution in [1.29, 1.82) is 0 Å². The summed E-state index contributed by atoms with van der Waals surface area (Å²) >= 11 is 0. The SMILES string of the molecule is Cc1c[nH]c(=O)c2ccc(OC3CCN(CC(C)C)CC3)c(F)c12. The highest BCUT2D eigenvalue weighted by Crippen LogP contribution is 2.29. The van der Waals surface area contributed by atoms with E-state index >= 15 is 0 Å². The number of nitrogens with one attached hydrogen (secondary N) is 1. The van der Waals surface area contributed by atoms with Gasteiger partial charge in [0.15, 0.2) is 11.6 Å². The first-order valence-electron chi connectivity index (χ1n) is 8.65. The standard InChI is InChI=1S/C19H25FN2O2/c1-12(2)11-22-8-6-14(7-9-22)24-16-5-4-15-17(18(16)20)13(3)10-21-19(15)23/h4-5,10,12,14H,6-9,11H2,1-3H3,(H,21,23). The molecule has 5 heteroatoms. The van der Waals surface area contributed by atoms with Gasteiger partial charge in [-0.25, -0.2) is 4.39 Å². The predicted molar refractivity (Wildman–Crippen MR) is 94.2 cm³/mol. The average molecular weight is 332 g/mol. The Morgan fingerprint density at radius 1 is 1.33 bits per heavy atom. The van der Waals surface area contributed by atoms with Crippen LogP contribution in [0, 0.1) is 18.7 Å². The van der Waals surface area contributed by atoms with E-state index in [4.69, 9.17) is 4.74 Å². The minimum atomic E-state index is -0.430. The molecule has 130 valence electrons. The second-order valence-electron chi connectivity index (χ2n) is 7.11. The number of pyridine rings is 1. The molecule has 3 rings (SSSR count). The molecule has 1 fully saturated rings. The minimum absolute atomic E-state index is 0.0302. The number of fused-ring (bicyclic) bond motifs is 1. The van der Waals surface area contributed by atoms with Crippen molar-refractivity contribution in [1.82, 2.24) is 9.88 Å². The number of likely N-dealkylation sites (tertiary alicyclic amines) is 1. The molecule has 1 N–H and O–H groups in total. The maximum Gasteiger partial charge on any atom is 0.255 e. The molecule has 1 aromatic heterocycles. The molecule has 0 atom stereocenters. The Bertz CT molecular complexity index is 777. The third kappa shape index (κ3) is 3.46. The van der Waals surface area contributed by atoms with Crippen molar-refractivity contribution in [3.8, 4) is 5.75 Å². The Labute approximate surface area is 141 Å². The predicted octanol–water partition coefficient (Wildman–Crippen LogP) is 3.47. The van der Waals surface area contributed by atoms with E-state index in [1.54, 1.807) is 25.3 Å². The van der Waals surface area contributed by atoms with Gasteiger partial charge in [-0.2, -0.15) is 0 Å². The summed E-state index contributed by atoms with van der Waals surface area (Å²) in [4.78, 5) is 16.9. The number of benzene rings is 1. The van der Waals surface area contributed by atoms with Crippen LogP contribution in [0.5, 0.6) is 5.75 Å². The molecule has 0 bridgehead atoms. The van der Waals surface area contributed by atoms with Gasteiger partial charge >= 0.3 is 0 Å². The zero-order valence-corrected chi connectivity index (χ0v) is 14.6. The van der Waals surface area contributed by atoms with Crippen molar-refractivity contribution in [2.45, 2.75) is 39.7 Å². The molecule has 1 aliphatic heterocycles. The molecule has 1 aromatic carbocycles. The number of nitrogens with zero attached hydrogens (tertiary/aromatic N) is 1. The van der Waals surface area contributed by atoms with Crippen molar-refractivity contribution in [3.05, 3.63) is 40.1 Å². The van der Waals surface area contributed by atoms with E-state index in [1.807, 2.05) is 0 Å². The van der Waals surface area contributed by atoms with Crippen molar-refractivity contribution < 1.29 is 9.13 Å². The number of hydrogen-bond acceptors (Lipinski definition) is 3. The normalized spacial score (nSPS) is 16.9. The van der Waals surface area contributed by atoms with Gasteiger partial charge in [0.25, 0.3) is 5.56 Å². The van der Waals surface area contributed by atoms with Crippen LogP contribution in [0.4, 0.5) is 4.39 Å². The molecule has 24 heavy (non-hydrogen) atoms. The molecular weight excluding hydrogens is 307 g/mol. The summed E-state index contributed by atoms with van der Waals surface area (Å²) in [5, 5.41) is 0.722. The molecule has 1 aliphatic rings. The number of halogens is 1. The molecule has 2 aromatic rings. The van der Waals surface area contributed by atoms with E-state index in [2.05, 4.69) is 23.7 Å². The number of aromatic amines is 1. The molecule has 4 nitrogen and oxygen atoms in total. The lowest BCUT2D eigenvalue weighted by molar-refractivity contribution is 0.0913. The number of H-pyrrole nitrogens is 1. The summed E-state index contributed by atoms with van der Waals surface area (Å²) in [5.74, 6) is 0.473. The van der Waals surface area contributed by atoms with Crippen LogP contribution in [0.15, 0.2) is 23.1 Å². The minimum Gasteiger partial charge on any atom is -0.487 e. The Balaban J connectivity index is 1.76. The smallest absolute Gasteiger partial charge is 0.255 e. The molecule has 0 saturated carbocycles. The largest absolute Gasteiger partial charge is 0.487 e. The summed E-state index contributed by atoms with van der Waals surface area (Å²) in [6.45, 7) is 9.29. The van der Waals surface area contributed by atoms with Gasteiger partial charge in [0.2, 0.25) is 0 Å². The zero-order chi connectivity index (χ0) is 17.3. The van der Waals surface area contributed by atoms with Crippen LogP contribution in [0.3, 0.4) is 0 Å². The maximum atomic E-state index is 14.8. The summed E-state index contributed by atoms with van der Waals surface area (Å²) in [6, 6.07) is 3.22. The average Bonchev–Trinajstić information content (AvgIpc) is 2.54. The lowest BCUT2D eigenvalue weighted by Crippen LogP contribution is -2.40. The first-order valence-corrected chi connectivity index (χ1v) is 8.65. The summed E-state index contributed by atoms with van der Waals surface area (Å²) in [7, 11) is 0. The molecule has 1 saturated heterocycles. The lowest BCUT2D eigenvalue weighted by atomic mass is 10.1. The highest BCUT2D eigenvalue weighted by Gasteiger charge is 2.22. The molecule has 0 unspecified atom stereocenters. The van der Waals surface area contributed by atoms with E-state index in [0.717, 1.165) is 32.5 Å². The van der Waals surface area contributed by atoms with Gasteiger partial charge in [-0.15, -0.1) is 0 Å². The molecular formula is C19H25FN2O2. The van der Waals surface area contributed by atoms with Crippen LogP contribution >= 0.6 is 0 Å². The fraction of sp³-hybridized carbons (Fsp3) is 0.526.